The number of aromatic nitrogens is 2. The van der Waals surface area contributed by atoms with Gasteiger partial charge < -0.3 is 32.0 Å². The minimum Gasteiger partial charge on any atom is -0.480 e. The van der Waals surface area contributed by atoms with Gasteiger partial charge in [-0.1, -0.05) is 28.1 Å². The van der Waals surface area contributed by atoms with Gasteiger partial charge in [0, 0.05) is 46.6 Å². The maximum atomic E-state index is 13.0. The van der Waals surface area contributed by atoms with Crippen molar-refractivity contribution in [2.24, 2.45) is 10.9 Å². The number of fused-ring (bicyclic) bond motifs is 1. The van der Waals surface area contributed by atoms with E-state index in [0.717, 1.165) is 21.8 Å². The molecule has 39 heavy (non-hydrogen) atoms. The van der Waals surface area contributed by atoms with Gasteiger partial charge in [0.25, 0.3) is 5.91 Å². The first kappa shape index (κ1) is 29.7. The van der Waals surface area contributed by atoms with Crippen LogP contribution in [0.2, 0.25) is 4.34 Å². The van der Waals surface area contributed by atoms with E-state index in [-0.39, 0.29) is 33.0 Å². The van der Waals surface area contributed by atoms with E-state index in [1.54, 1.807) is 30.2 Å². The third kappa shape index (κ3) is 6.41. The number of nitrogen functional groups attached to an aromatic ring is 1. The van der Waals surface area contributed by atoms with Gasteiger partial charge in [-0.15, -0.1) is 23.5 Å². The average Bonchev–Trinajstić information content (AvgIpc) is 3.20. The van der Waals surface area contributed by atoms with Crippen LogP contribution in [0, 0.1) is 0 Å². The molecule has 2 fully saturated rings. The van der Waals surface area contributed by atoms with Gasteiger partial charge >= 0.3 is 5.97 Å². The van der Waals surface area contributed by atoms with Gasteiger partial charge in [-0.2, -0.15) is 11.8 Å². The summed E-state index contributed by atoms with van der Waals surface area (Å²) in [4.78, 5) is 48.7. The summed E-state index contributed by atoms with van der Waals surface area (Å²) in [5, 5.41) is 24.8. The normalized spacial score (nSPS) is 23.2. The Morgan fingerprint density at radius 1 is 1.44 bits per heavy atom. The molecule has 12 nitrogen and oxygen atoms in total. The highest BCUT2D eigenvalue weighted by Crippen LogP contribution is 2.47. The van der Waals surface area contributed by atoms with E-state index in [0.29, 0.717) is 11.5 Å². The smallest absolute Gasteiger partial charge is 0.322 e. The second kappa shape index (κ2) is 11.7. The number of hydrogen-bond donors (Lipinski definition) is 5. The molecule has 0 radical (unpaired) electrons. The third-order valence-electron chi connectivity index (χ3n) is 5.77. The van der Waals surface area contributed by atoms with Crippen molar-refractivity contribution in [1.29, 1.82) is 0 Å². The second-order valence-corrected chi connectivity index (χ2v) is 14.8. The largest absolute Gasteiger partial charge is 0.480 e. The molecule has 17 heteroatoms. The van der Waals surface area contributed by atoms with E-state index < -0.39 is 39.7 Å². The molecular formula is C22H26ClN7O5S4. The van der Waals surface area contributed by atoms with Crippen LogP contribution in [-0.4, -0.2) is 88.4 Å². The molecule has 2 aliphatic heterocycles. The number of carboxylic acid groups (broad SMARTS) is 1. The van der Waals surface area contributed by atoms with Crippen LogP contribution < -0.4 is 16.8 Å². The SMILES string of the molecule is CC(C)(N)CSCc1cnccc1SC1(C(=O)O)CS[C@@H]2[C@H](NC(=O)C(=NO)c3nc(N)sc3Cl)C(=O)N2C1. The monoisotopic (exact) mass is 631 g/mol. The molecule has 3 atom stereocenters. The number of hydrogen-bond acceptors (Lipinski definition) is 13. The minimum absolute atomic E-state index is 0.0456. The highest BCUT2D eigenvalue weighted by atomic mass is 35.5. The first-order chi connectivity index (χ1) is 18.3. The highest BCUT2D eigenvalue weighted by Gasteiger charge is 2.58. The number of aliphatic carboxylic acids is 1. The van der Waals surface area contributed by atoms with Crippen LogP contribution >= 0.6 is 58.2 Å². The fourth-order valence-corrected chi connectivity index (χ4v) is 8.94. The highest BCUT2D eigenvalue weighted by molar-refractivity contribution is 8.05. The summed E-state index contributed by atoms with van der Waals surface area (Å²) in [6.07, 6.45) is 3.33. The number of nitrogens with two attached hydrogens (primary N) is 2. The van der Waals surface area contributed by atoms with Gasteiger partial charge in [-0.05, 0) is 25.5 Å². The number of pyridine rings is 1. The Labute approximate surface area is 245 Å². The number of thioether (sulfide) groups is 3. The van der Waals surface area contributed by atoms with Gasteiger partial charge in [-0.3, -0.25) is 19.4 Å². The predicted molar refractivity (Wildman–Crippen MR) is 155 cm³/mol. The number of oxime groups is 1. The molecule has 0 bridgehead atoms. The van der Waals surface area contributed by atoms with E-state index in [2.05, 4.69) is 20.4 Å². The van der Waals surface area contributed by atoms with Gasteiger partial charge in [0.05, 0.1) is 0 Å². The number of amides is 2. The summed E-state index contributed by atoms with van der Waals surface area (Å²) >= 11 is 11.0. The first-order valence-corrected chi connectivity index (χ1v) is 15.7. The lowest BCUT2D eigenvalue weighted by atomic mass is 10.0. The zero-order chi connectivity index (χ0) is 28.5. The van der Waals surface area contributed by atoms with Gasteiger partial charge in [0.2, 0.25) is 5.91 Å². The molecule has 1 unspecified atom stereocenters. The molecule has 2 aromatic rings. The summed E-state index contributed by atoms with van der Waals surface area (Å²) < 4.78 is -1.24. The number of nitrogens with one attached hydrogen (secondary N) is 1. The molecule has 2 aromatic heterocycles. The zero-order valence-corrected chi connectivity index (χ0v) is 24.8. The Morgan fingerprint density at radius 3 is 2.79 bits per heavy atom. The van der Waals surface area contributed by atoms with Crippen LogP contribution in [0.15, 0.2) is 28.5 Å². The molecule has 0 saturated carbocycles. The Kier molecular flexibility index (Phi) is 8.92. The molecule has 4 rings (SSSR count). The van der Waals surface area contributed by atoms with Crippen LogP contribution in [0.25, 0.3) is 0 Å². The number of rotatable bonds is 10. The number of thiazole rings is 1. The summed E-state index contributed by atoms with van der Waals surface area (Å²) in [6.45, 7) is 3.83. The molecule has 2 saturated heterocycles. The number of anilines is 1. The van der Waals surface area contributed by atoms with E-state index >= 15 is 0 Å². The molecule has 0 spiro atoms. The Hall–Kier alpha value is -2.24. The summed E-state index contributed by atoms with van der Waals surface area (Å²) in [6, 6.07) is 0.848. The van der Waals surface area contributed by atoms with Crippen molar-refractivity contribution in [2.75, 3.05) is 23.8 Å². The minimum atomic E-state index is -1.30. The van der Waals surface area contributed by atoms with Crippen molar-refractivity contribution < 1.29 is 24.7 Å². The van der Waals surface area contributed by atoms with Crippen LogP contribution in [0.3, 0.4) is 0 Å². The lowest BCUT2D eigenvalue weighted by molar-refractivity contribution is -0.151. The van der Waals surface area contributed by atoms with E-state index in [9.17, 15) is 24.7 Å². The quantitative estimate of drug-likeness (QED) is 0.111. The number of halogens is 1. The molecule has 2 aliphatic rings. The van der Waals surface area contributed by atoms with Crippen molar-refractivity contribution in [3.8, 4) is 0 Å². The zero-order valence-electron chi connectivity index (χ0n) is 20.8. The lowest BCUT2D eigenvalue weighted by Crippen LogP contribution is -2.74. The second-order valence-electron chi connectivity index (χ2n) is 9.61. The molecule has 210 valence electrons. The third-order valence-corrected chi connectivity index (χ3v) is 11.5. The fourth-order valence-electron chi connectivity index (χ4n) is 3.92. The topological polar surface area (TPSA) is 197 Å². The van der Waals surface area contributed by atoms with Crippen LogP contribution in [0.5, 0.6) is 0 Å². The Bertz CT molecular complexity index is 1320. The number of β-lactam (4-membered cyclic amide) rings is 1. The van der Waals surface area contributed by atoms with Crippen LogP contribution in [0.1, 0.15) is 25.1 Å². The van der Waals surface area contributed by atoms with E-state index in [4.69, 9.17) is 23.1 Å². The van der Waals surface area contributed by atoms with Crippen molar-refractivity contribution in [3.63, 3.8) is 0 Å². The Balaban J connectivity index is 1.45. The number of nitrogens with zero attached hydrogens (tertiary/aromatic N) is 4. The summed E-state index contributed by atoms with van der Waals surface area (Å²) in [5.74, 6) is -0.817. The summed E-state index contributed by atoms with van der Waals surface area (Å²) in [7, 11) is 0. The molecule has 0 aliphatic carbocycles. The van der Waals surface area contributed by atoms with Crippen LogP contribution in [0.4, 0.5) is 5.13 Å². The van der Waals surface area contributed by atoms with Gasteiger partial charge in [-0.25, -0.2) is 4.98 Å². The number of carbonyl (C=O) groups is 3. The maximum Gasteiger partial charge on any atom is 0.322 e. The van der Waals surface area contributed by atoms with E-state index in [1.807, 2.05) is 13.8 Å². The van der Waals surface area contributed by atoms with Crippen molar-refractivity contribution in [1.82, 2.24) is 20.2 Å². The predicted octanol–water partition coefficient (Wildman–Crippen LogP) is 1.94. The lowest BCUT2D eigenvalue weighted by Gasteiger charge is -2.53. The molecule has 7 N–H and O–H groups in total. The first-order valence-electron chi connectivity index (χ1n) is 11.4. The van der Waals surface area contributed by atoms with Gasteiger partial charge in [0.15, 0.2) is 10.8 Å². The van der Waals surface area contributed by atoms with Crippen molar-refractivity contribution in [3.05, 3.63) is 34.1 Å². The average molecular weight is 632 g/mol. The number of carbonyl (C=O) groups excluding carboxylic acids is 2. The number of carboxylic acids is 1. The van der Waals surface area contributed by atoms with Crippen LogP contribution in [-0.2, 0) is 20.1 Å². The molecule has 0 aromatic carbocycles. The van der Waals surface area contributed by atoms with Crippen molar-refractivity contribution in [2.45, 2.75) is 46.2 Å². The molecule has 2 amide bonds. The van der Waals surface area contributed by atoms with E-state index in [1.165, 1.54) is 28.4 Å². The summed E-state index contributed by atoms with van der Waals surface area (Å²) in [5.41, 5.74) is 11.7. The molecular weight excluding hydrogens is 606 g/mol. The standard InChI is InChI=1S/C22H26ClN7O5S4/c1-21(2,25)8-36-6-10-5-26-4-3-11(10)39-22(19(33)34)7-30-17(32)14(18(30)37-9-22)27-16(31)13(29-35)12-15(23)38-20(24)28-12/h3-5,14,18,35H,6-9,25H2,1-2H3,(H2,24,28)(H,27,31)(H,33,34)/t14-,18-,22?/m1/s1. The maximum absolute atomic E-state index is 13.0. The van der Waals surface area contributed by atoms with Crippen molar-refractivity contribution >= 4 is 86.9 Å². The van der Waals surface area contributed by atoms with Gasteiger partial charge in [0.1, 0.15) is 26.2 Å². The Morgan fingerprint density at radius 2 is 2.18 bits per heavy atom. The fraction of sp³-hybridized carbons (Fsp3) is 0.455. The molecule has 4 heterocycles.